The number of rotatable bonds is 2. The van der Waals surface area contributed by atoms with E-state index >= 15 is 0 Å². The SMILES string of the molecule is CC(O)C(=O)N(C)C1CCS(=O)(=O)C1. The van der Waals surface area contributed by atoms with Gasteiger partial charge in [0.25, 0.3) is 5.91 Å². The smallest absolute Gasteiger partial charge is 0.251 e. The highest BCUT2D eigenvalue weighted by Crippen LogP contribution is 2.16. The summed E-state index contributed by atoms with van der Waals surface area (Å²) in [5.74, 6) is -0.274. The number of aliphatic hydroxyl groups is 1. The summed E-state index contributed by atoms with van der Waals surface area (Å²) in [5.41, 5.74) is 0. The number of hydrogen-bond donors (Lipinski definition) is 1. The fourth-order valence-corrected chi connectivity index (χ4v) is 3.33. The van der Waals surface area contributed by atoms with Gasteiger partial charge < -0.3 is 10.0 Å². The van der Waals surface area contributed by atoms with E-state index in [4.69, 9.17) is 5.11 Å². The Balaban J connectivity index is 2.64. The predicted octanol–water partition coefficient (Wildman–Crippen LogP) is -0.987. The summed E-state index contributed by atoms with van der Waals surface area (Å²) in [6, 6.07) is -0.276. The summed E-state index contributed by atoms with van der Waals surface area (Å²) in [7, 11) is -1.45. The molecule has 5 nitrogen and oxygen atoms in total. The third-order valence-corrected chi connectivity index (χ3v) is 4.21. The molecular weight excluding hydrogens is 206 g/mol. The number of carbonyl (C=O) groups is 1. The zero-order valence-corrected chi connectivity index (χ0v) is 9.12. The molecule has 0 spiro atoms. The minimum Gasteiger partial charge on any atom is -0.384 e. The maximum absolute atomic E-state index is 11.3. The van der Waals surface area contributed by atoms with Gasteiger partial charge in [-0.2, -0.15) is 0 Å². The first-order valence-electron chi connectivity index (χ1n) is 4.48. The molecule has 1 amide bonds. The van der Waals surface area contributed by atoms with Gasteiger partial charge in [0.15, 0.2) is 9.84 Å². The Morgan fingerprint density at radius 1 is 1.57 bits per heavy atom. The predicted molar refractivity (Wildman–Crippen MR) is 51.5 cm³/mol. The van der Waals surface area contributed by atoms with Crippen molar-refractivity contribution >= 4 is 15.7 Å². The Bertz CT molecular complexity index is 322. The maximum Gasteiger partial charge on any atom is 0.251 e. The zero-order chi connectivity index (χ0) is 10.9. The van der Waals surface area contributed by atoms with E-state index in [9.17, 15) is 13.2 Å². The largest absolute Gasteiger partial charge is 0.384 e. The second kappa shape index (κ2) is 3.86. The van der Waals surface area contributed by atoms with Crippen molar-refractivity contribution in [3.63, 3.8) is 0 Å². The number of carbonyl (C=O) groups excluding carboxylic acids is 1. The van der Waals surface area contributed by atoms with Crippen LogP contribution >= 0.6 is 0 Å². The average molecular weight is 221 g/mol. The molecule has 1 N–H and O–H groups in total. The van der Waals surface area contributed by atoms with Gasteiger partial charge in [0.05, 0.1) is 11.5 Å². The van der Waals surface area contributed by atoms with Crippen LogP contribution in [0.1, 0.15) is 13.3 Å². The molecule has 1 rings (SSSR count). The Morgan fingerprint density at radius 3 is 2.50 bits per heavy atom. The highest BCUT2D eigenvalue weighted by Gasteiger charge is 2.33. The monoisotopic (exact) mass is 221 g/mol. The molecule has 1 saturated heterocycles. The third kappa shape index (κ3) is 2.45. The van der Waals surface area contributed by atoms with Crippen LogP contribution in [0, 0.1) is 0 Å². The molecule has 0 aromatic heterocycles. The lowest BCUT2D eigenvalue weighted by atomic mass is 10.2. The van der Waals surface area contributed by atoms with Crippen LogP contribution in [0.3, 0.4) is 0 Å². The number of sulfone groups is 1. The fraction of sp³-hybridized carbons (Fsp3) is 0.875. The van der Waals surface area contributed by atoms with Gasteiger partial charge in [-0.1, -0.05) is 0 Å². The number of hydrogen-bond acceptors (Lipinski definition) is 4. The molecule has 0 bridgehead atoms. The molecule has 0 radical (unpaired) electrons. The second-order valence-corrected chi connectivity index (χ2v) is 5.91. The summed E-state index contributed by atoms with van der Waals surface area (Å²) >= 11 is 0. The molecule has 1 aliphatic rings. The van der Waals surface area contributed by atoms with E-state index in [1.165, 1.54) is 18.9 Å². The Morgan fingerprint density at radius 2 is 2.14 bits per heavy atom. The molecule has 1 aliphatic heterocycles. The molecule has 0 aliphatic carbocycles. The summed E-state index contributed by atoms with van der Waals surface area (Å²) in [6.07, 6.45) is -0.597. The van der Waals surface area contributed by atoms with Crippen molar-refractivity contribution in [2.75, 3.05) is 18.6 Å². The normalized spacial score (nSPS) is 27.2. The fourth-order valence-electron chi connectivity index (χ4n) is 1.56. The lowest BCUT2D eigenvalue weighted by molar-refractivity contribution is -0.139. The van der Waals surface area contributed by atoms with E-state index in [1.54, 1.807) is 0 Å². The number of nitrogens with zero attached hydrogens (tertiary/aromatic N) is 1. The van der Waals surface area contributed by atoms with Crippen LogP contribution in [0.2, 0.25) is 0 Å². The van der Waals surface area contributed by atoms with Crippen molar-refractivity contribution in [3.05, 3.63) is 0 Å². The molecular formula is C8H15NO4S. The summed E-state index contributed by atoms with van der Waals surface area (Å²) in [5, 5.41) is 9.04. The first kappa shape index (κ1) is 11.5. The van der Waals surface area contributed by atoms with Crippen molar-refractivity contribution in [1.82, 2.24) is 4.90 Å². The van der Waals surface area contributed by atoms with Gasteiger partial charge in [-0.25, -0.2) is 8.42 Å². The van der Waals surface area contributed by atoms with E-state index in [0.29, 0.717) is 6.42 Å². The number of likely N-dealkylation sites (N-methyl/N-ethyl adjacent to an activating group) is 1. The zero-order valence-electron chi connectivity index (χ0n) is 8.30. The molecule has 2 atom stereocenters. The molecule has 82 valence electrons. The van der Waals surface area contributed by atoms with Gasteiger partial charge in [0.1, 0.15) is 6.10 Å². The molecule has 0 aromatic carbocycles. The van der Waals surface area contributed by atoms with Crippen LogP contribution in [0.5, 0.6) is 0 Å². The molecule has 6 heteroatoms. The van der Waals surface area contributed by atoms with E-state index in [1.807, 2.05) is 0 Å². The molecule has 0 aromatic rings. The molecule has 2 unspecified atom stereocenters. The van der Waals surface area contributed by atoms with Gasteiger partial charge in [-0.05, 0) is 13.3 Å². The Hall–Kier alpha value is -0.620. The van der Waals surface area contributed by atoms with Crippen LogP contribution in [0.25, 0.3) is 0 Å². The maximum atomic E-state index is 11.3. The van der Waals surface area contributed by atoms with Crippen molar-refractivity contribution in [2.45, 2.75) is 25.5 Å². The molecule has 0 saturated carbocycles. The van der Waals surface area contributed by atoms with Gasteiger partial charge in [-0.15, -0.1) is 0 Å². The minimum atomic E-state index is -2.98. The highest BCUT2D eigenvalue weighted by molar-refractivity contribution is 7.91. The molecule has 1 heterocycles. The lowest BCUT2D eigenvalue weighted by Crippen LogP contribution is -2.42. The Kier molecular flexibility index (Phi) is 3.16. The van der Waals surface area contributed by atoms with Crippen molar-refractivity contribution < 1.29 is 18.3 Å². The Labute approximate surface area is 83.6 Å². The summed E-state index contributed by atoms with van der Waals surface area (Å²) in [4.78, 5) is 12.7. The van der Waals surface area contributed by atoms with Crippen LogP contribution in [-0.2, 0) is 14.6 Å². The van der Waals surface area contributed by atoms with Gasteiger partial charge in [-0.3, -0.25) is 4.79 Å². The van der Waals surface area contributed by atoms with Crippen LogP contribution in [-0.4, -0.2) is 55.0 Å². The van der Waals surface area contributed by atoms with Crippen molar-refractivity contribution in [1.29, 1.82) is 0 Å². The second-order valence-electron chi connectivity index (χ2n) is 3.68. The van der Waals surface area contributed by atoms with Gasteiger partial charge in [0, 0.05) is 13.1 Å². The van der Waals surface area contributed by atoms with Gasteiger partial charge in [0.2, 0.25) is 0 Å². The van der Waals surface area contributed by atoms with Crippen molar-refractivity contribution in [3.8, 4) is 0 Å². The number of aliphatic hydroxyl groups excluding tert-OH is 1. The highest BCUT2D eigenvalue weighted by atomic mass is 32.2. The number of amides is 1. The molecule has 14 heavy (non-hydrogen) atoms. The summed E-state index contributed by atoms with van der Waals surface area (Å²) in [6.45, 7) is 1.38. The van der Waals surface area contributed by atoms with Crippen LogP contribution in [0.15, 0.2) is 0 Å². The third-order valence-electron chi connectivity index (χ3n) is 2.46. The lowest BCUT2D eigenvalue weighted by Gasteiger charge is -2.24. The topological polar surface area (TPSA) is 74.7 Å². The van der Waals surface area contributed by atoms with E-state index in [-0.39, 0.29) is 17.5 Å². The van der Waals surface area contributed by atoms with E-state index < -0.39 is 21.8 Å². The van der Waals surface area contributed by atoms with E-state index in [2.05, 4.69) is 0 Å². The standard InChI is InChI=1S/C8H15NO4S/c1-6(10)8(11)9(2)7-3-4-14(12,13)5-7/h6-7,10H,3-5H2,1-2H3. The van der Waals surface area contributed by atoms with E-state index in [0.717, 1.165) is 0 Å². The van der Waals surface area contributed by atoms with Crippen LogP contribution in [0.4, 0.5) is 0 Å². The van der Waals surface area contributed by atoms with Crippen molar-refractivity contribution in [2.24, 2.45) is 0 Å². The first-order chi connectivity index (χ1) is 6.33. The molecule has 1 fully saturated rings. The quantitative estimate of drug-likeness (QED) is 0.650. The summed E-state index contributed by atoms with van der Waals surface area (Å²) < 4.78 is 22.3. The van der Waals surface area contributed by atoms with Crippen LogP contribution < -0.4 is 0 Å². The first-order valence-corrected chi connectivity index (χ1v) is 6.31. The average Bonchev–Trinajstić information content (AvgIpc) is 2.43. The minimum absolute atomic E-state index is 0.0158. The van der Waals surface area contributed by atoms with Gasteiger partial charge >= 0.3 is 0 Å².